The second-order valence-corrected chi connectivity index (χ2v) is 7.89. The molecule has 3 nitrogen and oxygen atoms in total. The van der Waals surface area contributed by atoms with Gasteiger partial charge in [-0.3, -0.25) is 4.72 Å². The molecule has 0 bridgehead atoms. The van der Waals surface area contributed by atoms with Gasteiger partial charge in [-0.1, -0.05) is 30.0 Å². The van der Waals surface area contributed by atoms with E-state index in [-0.39, 0.29) is 0 Å². The Hall–Kier alpha value is -1.11. The van der Waals surface area contributed by atoms with Gasteiger partial charge in [0.15, 0.2) is 0 Å². The van der Waals surface area contributed by atoms with Crippen molar-refractivity contribution in [2.45, 2.75) is 14.7 Å². The van der Waals surface area contributed by atoms with Crippen molar-refractivity contribution in [2.24, 2.45) is 0 Å². The molecule has 2 rings (SSSR count). The largest absolute Gasteiger partial charge is 0.283 e. The fourth-order valence-corrected chi connectivity index (χ4v) is 3.60. The highest BCUT2D eigenvalue weighted by molar-refractivity contribution is 7.99. The van der Waals surface area contributed by atoms with Crippen LogP contribution >= 0.6 is 23.5 Å². The SMILES string of the molecule is CSc1ccc(Sc2ccccc2)c(NS(C)(=O)=O)c1. The van der Waals surface area contributed by atoms with Gasteiger partial charge in [0, 0.05) is 14.7 Å². The molecule has 0 aliphatic carbocycles. The number of hydrogen-bond acceptors (Lipinski definition) is 4. The molecular formula is C14H15NO2S3. The molecule has 0 atom stereocenters. The monoisotopic (exact) mass is 325 g/mol. The van der Waals surface area contributed by atoms with E-state index in [1.54, 1.807) is 11.8 Å². The van der Waals surface area contributed by atoms with Crippen LogP contribution in [0.5, 0.6) is 0 Å². The minimum Gasteiger partial charge on any atom is -0.283 e. The molecule has 1 N–H and O–H groups in total. The highest BCUT2D eigenvalue weighted by Gasteiger charge is 2.10. The third-order valence-corrected chi connectivity index (χ3v) is 4.85. The number of hydrogen-bond donors (Lipinski definition) is 1. The summed E-state index contributed by atoms with van der Waals surface area (Å²) >= 11 is 3.12. The van der Waals surface area contributed by atoms with Gasteiger partial charge in [0.2, 0.25) is 10.0 Å². The van der Waals surface area contributed by atoms with Crippen molar-refractivity contribution in [1.29, 1.82) is 0 Å². The van der Waals surface area contributed by atoms with E-state index in [1.807, 2.05) is 54.8 Å². The van der Waals surface area contributed by atoms with Crippen molar-refractivity contribution < 1.29 is 8.42 Å². The fraction of sp³-hybridized carbons (Fsp3) is 0.143. The predicted molar refractivity (Wildman–Crippen MR) is 87.3 cm³/mol. The maximum absolute atomic E-state index is 11.5. The molecule has 0 saturated heterocycles. The number of sulfonamides is 1. The van der Waals surface area contributed by atoms with Crippen LogP contribution in [-0.2, 0) is 10.0 Å². The summed E-state index contributed by atoms with van der Waals surface area (Å²) in [5.74, 6) is 0. The summed E-state index contributed by atoms with van der Waals surface area (Å²) in [6.07, 6.45) is 3.12. The summed E-state index contributed by atoms with van der Waals surface area (Å²) in [7, 11) is -3.29. The molecule has 0 saturated carbocycles. The molecule has 0 amide bonds. The highest BCUT2D eigenvalue weighted by atomic mass is 32.2. The smallest absolute Gasteiger partial charge is 0.229 e. The molecule has 6 heteroatoms. The number of thioether (sulfide) groups is 1. The van der Waals surface area contributed by atoms with Crippen molar-refractivity contribution in [3.63, 3.8) is 0 Å². The topological polar surface area (TPSA) is 46.2 Å². The summed E-state index contributed by atoms with van der Waals surface area (Å²) in [5, 5.41) is 0. The van der Waals surface area contributed by atoms with Gasteiger partial charge in [0.1, 0.15) is 0 Å². The number of benzene rings is 2. The molecular weight excluding hydrogens is 310 g/mol. The summed E-state index contributed by atoms with van der Waals surface area (Å²) in [4.78, 5) is 2.98. The van der Waals surface area contributed by atoms with E-state index < -0.39 is 10.0 Å². The first kappa shape index (κ1) is 15.3. The van der Waals surface area contributed by atoms with E-state index in [1.165, 1.54) is 11.8 Å². The van der Waals surface area contributed by atoms with Crippen LogP contribution in [0.15, 0.2) is 63.2 Å². The first-order valence-electron chi connectivity index (χ1n) is 5.87. The molecule has 0 spiro atoms. The molecule has 106 valence electrons. The minimum absolute atomic E-state index is 0.619. The molecule has 2 aromatic carbocycles. The Balaban J connectivity index is 2.36. The summed E-state index contributed by atoms with van der Waals surface area (Å²) < 4.78 is 25.5. The molecule has 2 aromatic rings. The Kier molecular flexibility index (Phi) is 5.01. The molecule has 0 aliphatic heterocycles. The van der Waals surface area contributed by atoms with E-state index in [0.29, 0.717) is 5.69 Å². The lowest BCUT2D eigenvalue weighted by Gasteiger charge is -2.11. The molecule has 0 heterocycles. The average molecular weight is 325 g/mol. The zero-order valence-electron chi connectivity index (χ0n) is 11.2. The Bertz CT molecular complexity index is 685. The fourth-order valence-electron chi connectivity index (χ4n) is 1.62. The first-order valence-corrected chi connectivity index (χ1v) is 9.80. The Morgan fingerprint density at radius 3 is 2.30 bits per heavy atom. The van der Waals surface area contributed by atoms with E-state index in [9.17, 15) is 8.42 Å². The minimum atomic E-state index is -3.29. The number of rotatable bonds is 5. The van der Waals surface area contributed by atoms with Crippen molar-refractivity contribution in [3.8, 4) is 0 Å². The second-order valence-electron chi connectivity index (χ2n) is 4.15. The van der Waals surface area contributed by atoms with E-state index in [2.05, 4.69) is 4.72 Å². The van der Waals surface area contributed by atoms with E-state index in [0.717, 1.165) is 20.9 Å². The third-order valence-electron chi connectivity index (χ3n) is 2.45. The lowest BCUT2D eigenvalue weighted by atomic mass is 10.3. The lowest BCUT2D eigenvalue weighted by molar-refractivity contribution is 0.606. The van der Waals surface area contributed by atoms with Gasteiger partial charge in [0.25, 0.3) is 0 Å². The Morgan fingerprint density at radius 2 is 1.70 bits per heavy atom. The Morgan fingerprint density at radius 1 is 1.00 bits per heavy atom. The lowest BCUT2D eigenvalue weighted by Crippen LogP contribution is -2.10. The quantitative estimate of drug-likeness (QED) is 0.846. The molecule has 0 radical (unpaired) electrons. The summed E-state index contributed by atoms with van der Waals surface area (Å²) in [5.41, 5.74) is 0.619. The van der Waals surface area contributed by atoms with Crippen molar-refractivity contribution in [3.05, 3.63) is 48.5 Å². The second kappa shape index (κ2) is 6.56. The highest BCUT2D eigenvalue weighted by Crippen LogP contribution is 2.35. The van der Waals surface area contributed by atoms with Gasteiger partial charge >= 0.3 is 0 Å². The van der Waals surface area contributed by atoms with Crippen LogP contribution in [0.4, 0.5) is 5.69 Å². The van der Waals surface area contributed by atoms with Crippen LogP contribution in [0.25, 0.3) is 0 Å². The van der Waals surface area contributed by atoms with Gasteiger partial charge < -0.3 is 0 Å². The maximum atomic E-state index is 11.5. The van der Waals surface area contributed by atoms with Crippen LogP contribution in [0.2, 0.25) is 0 Å². The van der Waals surface area contributed by atoms with E-state index in [4.69, 9.17) is 0 Å². The van der Waals surface area contributed by atoms with Crippen molar-refractivity contribution >= 4 is 39.2 Å². The van der Waals surface area contributed by atoms with Crippen LogP contribution in [-0.4, -0.2) is 20.9 Å². The van der Waals surface area contributed by atoms with Gasteiger partial charge in [0.05, 0.1) is 11.9 Å². The summed E-state index contributed by atoms with van der Waals surface area (Å²) in [6, 6.07) is 15.7. The maximum Gasteiger partial charge on any atom is 0.229 e. The summed E-state index contributed by atoms with van der Waals surface area (Å²) in [6.45, 7) is 0. The molecule has 20 heavy (non-hydrogen) atoms. The van der Waals surface area contributed by atoms with Gasteiger partial charge in [-0.15, -0.1) is 11.8 Å². The van der Waals surface area contributed by atoms with Crippen LogP contribution in [0.3, 0.4) is 0 Å². The predicted octanol–water partition coefficient (Wildman–Crippen LogP) is 3.93. The van der Waals surface area contributed by atoms with Crippen molar-refractivity contribution in [2.75, 3.05) is 17.2 Å². The van der Waals surface area contributed by atoms with Gasteiger partial charge in [-0.05, 0) is 36.6 Å². The molecule has 0 aromatic heterocycles. The van der Waals surface area contributed by atoms with Crippen molar-refractivity contribution in [1.82, 2.24) is 0 Å². The van der Waals surface area contributed by atoms with Gasteiger partial charge in [-0.25, -0.2) is 8.42 Å². The molecule has 0 fully saturated rings. The van der Waals surface area contributed by atoms with Crippen LogP contribution in [0, 0.1) is 0 Å². The Labute approximate surface area is 128 Å². The van der Waals surface area contributed by atoms with Crippen LogP contribution in [0.1, 0.15) is 0 Å². The molecule has 0 aliphatic rings. The van der Waals surface area contributed by atoms with Crippen LogP contribution < -0.4 is 4.72 Å². The standard InChI is InChI=1S/C14H15NO2S3/c1-18-12-8-9-14(13(10-12)15-20(2,16)17)19-11-6-4-3-5-7-11/h3-10,15H,1-2H3. The zero-order valence-corrected chi connectivity index (χ0v) is 13.6. The van der Waals surface area contributed by atoms with Gasteiger partial charge in [-0.2, -0.15) is 0 Å². The number of nitrogens with one attached hydrogen (secondary N) is 1. The van der Waals surface area contributed by atoms with E-state index >= 15 is 0 Å². The third kappa shape index (κ3) is 4.47. The normalized spacial score (nSPS) is 11.3. The average Bonchev–Trinajstić information content (AvgIpc) is 2.40. The zero-order chi connectivity index (χ0) is 14.6. The first-order chi connectivity index (χ1) is 9.48. The molecule has 0 unspecified atom stereocenters. The number of anilines is 1.